The maximum atomic E-state index is 13.5. The highest BCUT2D eigenvalue weighted by Crippen LogP contribution is 2.42. The monoisotopic (exact) mass is 460 g/mol. The number of nitrogens with zero attached hydrogens (tertiary/aromatic N) is 2. The van der Waals surface area contributed by atoms with E-state index in [0.29, 0.717) is 5.76 Å². The predicted octanol–water partition coefficient (Wildman–Crippen LogP) is 6.09. The van der Waals surface area contributed by atoms with Crippen LogP contribution in [0.3, 0.4) is 0 Å². The number of urea groups is 1. The molecule has 2 unspecified atom stereocenters. The molecule has 0 radical (unpaired) electrons. The lowest BCUT2D eigenvalue weighted by Crippen LogP contribution is -2.66. The van der Waals surface area contributed by atoms with E-state index in [1.807, 2.05) is 50.2 Å². The Labute approximate surface area is 190 Å². The molecule has 0 N–H and O–H groups in total. The molecule has 1 aliphatic heterocycles. The molecule has 0 bridgehead atoms. The van der Waals surface area contributed by atoms with Gasteiger partial charge in [-0.2, -0.15) is 0 Å². The summed E-state index contributed by atoms with van der Waals surface area (Å²) < 4.78 is 13.8. The van der Waals surface area contributed by atoms with Crippen molar-refractivity contribution in [2.24, 2.45) is 0 Å². The number of benzene rings is 1. The fourth-order valence-corrected chi connectivity index (χ4v) is 7.51. The lowest BCUT2D eigenvalue weighted by atomic mass is 9.96. The highest BCUT2D eigenvalue weighted by molar-refractivity contribution is 7.97. The zero-order valence-corrected chi connectivity index (χ0v) is 20.7. The second kappa shape index (κ2) is 10.1. The number of β-lactam (4-membered cyclic amide) rings is 1. The number of hydrogen-bond donors (Lipinski definition) is 0. The van der Waals surface area contributed by atoms with Crippen molar-refractivity contribution in [1.29, 1.82) is 0 Å². The molecule has 31 heavy (non-hydrogen) atoms. The van der Waals surface area contributed by atoms with Gasteiger partial charge in [0.05, 0.1) is 6.26 Å². The molecule has 168 valence electrons. The summed E-state index contributed by atoms with van der Waals surface area (Å²) in [7, 11) is -2.04. The maximum absolute atomic E-state index is 13.5. The third kappa shape index (κ3) is 4.76. The number of imide groups is 1. The third-order valence-corrected chi connectivity index (χ3v) is 11.9. The molecule has 3 amide bonds. The number of furan rings is 1. The Balaban J connectivity index is 1.88. The smallest absolute Gasteiger partial charge is 0.338 e. The topological polar surface area (TPSA) is 63.0 Å². The van der Waals surface area contributed by atoms with Gasteiger partial charge in [-0.25, -0.2) is 9.69 Å². The number of amides is 3. The van der Waals surface area contributed by atoms with Crippen molar-refractivity contribution >= 4 is 32.2 Å². The Morgan fingerprint density at radius 2 is 1.77 bits per heavy atom. The zero-order chi connectivity index (χ0) is 22.6. The van der Waals surface area contributed by atoms with E-state index < -0.39 is 20.5 Å². The molecule has 0 aliphatic carbocycles. The van der Waals surface area contributed by atoms with Crippen molar-refractivity contribution in [3.8, 4) is 0 Å². The van der Waals surface area contributed by atoms with Gasteiger partial charge in [0.1, 0.15) is 11.8 Å². The van der Waals surface area contributed by atoms with Crippen molar-refractivity contribution < 1.29 is 18.4 Å². The summed E-state index contributed by atoms with van der Waals surface area (Å²) >= 11 is 1.34. The molecule has 6 nitrogen and oxygen atoms in total. The minimum absolute atomic E-state index is 0.0990. The summed E-state index contributed by atoms with van der Waals surface area (Å²) in [5.74, 6) is 0.301. The van der Waals surface area contributed by atoms with Crippen LogP contribution in [0.25, 0.3) is 0 Å². The summed E-state index contributed by atoms with van der Waals surface area (Å²) in [6, 6.07) is 15.1. The number of carbonyl (C=O) groups is 2. The van der Waals surface area contributed by atoms with Gasteiger partial charge in [0.15, 0.2) is 14.4 Å². The lowest BCUT2D eigenvalue weighted by Gasteiger charge is -2.48. The molecular formula is C23H32N2O4SSi. The fraction of sp³-hybridized carbons (Fsp3) is 0.478. The summed E-state index contributed by atoms with van der Waals surface area (Å²) in [6.45, 7) is 10.3. The average molecular weight is 461 g/mol. The van der Waals surface area contributed by atoms with E-state index in [1.54, 1.807) is 16.6 Å². The first-order valence-electron chi connectivity index (χ1n) is 11.0. The van der Waals surface area contributed by atoms with Crippen molar-refractivity contribution in [2.45, 2.75) is 75.8 Å². The first kappa shape index (κ1) is 23.6. The molecule has 2 atom stereocenters. The largest absolute Gasteiger partial charge is 0.467 e. The molecule has 1 aromatic carbocycles. The second-order valence-corrected chi connectivity index (χ2v) is 13.8. The number of hydrogen-bond acceptors (Lipinski definition) is 5. The Hall–Kier alpha value is -2.03. The first-order valence-corrected chi connectivity index (χ1v) is 14.3. The number of carbonyl (C=O) groups excluding carboxylic acids is 2. The molecule has 8 heteroatoms. The van der Waals surface area contributed by atoms with Gasteiger partial charge in [-0.1, -0.05) is 39.0 Å². The fourth-order valence-electron chi connectivity index (χ4n) is 3.86. The van der Waals surface area contributed by atoms with Gasteiger partial charge in [0.25, 0.3) is 5.91 Å². The van der Waals surface area contributed by atoms with Crippen LogP contribution in [0.5, 0.6) is 0 Å². The van der Waals surface area contributed by atoms with Gasteiger partial charge < -0.3 is 8.84 Å². The van der Waals surface area contributed by atoms with Crippen LogP contribution in [0.1, 0.15) is 46.4 Å². The molecule has 0 spiro atoms. The molecule has 0 saturated carbocycles. The Bertz CT molecular complexity index is 863. The number of likely N-dealkylation sites (tertiary alicyclic amines) is 1. The lowest BCUT2D eigenvalue weighted by molar-refractivity contribution is -0.160. The van der Waals surface area contributed by atoms with E-state index in [-0.39, 0.29) is 18.0 Å². The highest BCUT2D eigenvalue weighted by atomic mass is 32.2. The van der Waals surface area contributed by atoms with Gasteiger partial charge in [-0.15, -0.1) is 0 Å². The van der Waals surface area contributed by atoms with Gasteiger partial charge in [0, 0.05) is 10.9 Å². The molecule has 2 heterocycles. The van der Waals surface area contributed by atoms with Gasteiger partial charge >= 0.3 is 6.03 Å². The first-order chi connectivity index (χ1) is 14.9. The van der Waals surface area contributed by atoms with Crippen LogP contribution in [-0.4, -0.2) is 41.6 Å². The maximum Gasteiger partial charge on any atom is 0.338 e. The molecule has 1 aliphatic rings. The third-order valence-electron chi connectivity index (χ3n) is 6.00. The van der Waals surface area contributed by atoms with Crippen LogP contribution in [0.15, 0.2) is 58.0 Å². The van der Waals surface area contributed by atoms with Crippen molar-refractivity contribution in [2.75, 3.05) is 0 Å². The van der Waals surface area contributed by atoms with Crippen molar-refractivity contribution in [3.63, 3.8) is 0 Å². The van der Waals surface area contributed by atoms with Gasteiger partial charge in [-0.3, -0.25) is 9.10 Å². The van der Waals surface area contributed by atoms with Crippen LogP contribution in [0.4, 0.5) is 4.79 Å². The quantitative estimate of drug-likeness (QED) is 0.257. The minimum Gasteiger partial charge on any atom is -0.467 e. The molecule has 3 rings (SSSR count). The van der Waals surface area contributed by atoms with Gasteiger partial charge in [-0.05, 0) is 68.2 Å². The van der Waals surface area contributed by atoms with E-state index in [9.17, 15) is 9.59 Å². The molecule has 2 aromatic rings. The Kier molecular flexibility index (Phi) is 7.67. The van der Waals surface area contributed by atoms with Crippen molar-refractivity contribution in [1.82, 2.24) is 9.21 Å². The van der Waals surface area contributed by atoms with Crippen LogP contribution >= 0.6 is 11.9 Å². The van der Waals surface area contributed by atoms with Crippen LogP contribution in [-0.2, 0) is 9.22 Å². The van der Waals surface area contributed by atoms with Crippen LogP contribution in [0, 0.1) is 0 Å². The average Bonchev–Trinajstić information content (AvgIpc) is 3.31. The molecule has 1 aromatic heterocycles. The number of rotatable bonds is 9. The molecule has 1 saturated heterocycles. The van der Waals surface area contributed by atoms with Crippen LogP contribution < -0.4 is 0 Å². The summed E-state index contributed by atoms with van der Waals surface area (Å²) in [6.07, 6.45) is 0.901. The van der Waals surface area contributed by atoms with E-state index >= 15 is 0 Å². The van der Waals surface area contributed by atoms with Crippen LogP contribution in [0.2, 0.25) is 18.1 Å². The predicted molar refractivity (Wildman–Crippen MR) is 125 cm³/mol. The Morgan fingerprint density at radius 3 is 2.29 bits per heavy atom. The highest BCUT2D eigenvalue weighted by Gasteiger charge is 2.57. The second-order valence-electron chi connectivity index (χ2n) is 8.06. The molecule has 1 fully saturated rings. The van der Waals surface area contributed by atoms with Gasteiger partial charge in [0.2, 0.25) is 0 Å². The molecular weight excluding hydrogens is 428 g/mol. The standard InChI is InChI=1S/C23H32N2O4SSi/c1-6-31(7-2,8-3)29-21-20(19-15-12-16-28-19)24(22(21)26)23(27)25(17(4)5)30-18-13-10-9-11-14-18/h9-17,20-21H,6-8H2,1-5H3. The minimum atomic E-state index is -2.04. The Morgan fingerprint density at radius 1 is 1.13 bits per heavy atom. The zero-order valence-electron chi connectivity index (χ0n) is 18.9. The van der Waals surface area contributed by atoms with Crippen molar-refractivity contribution in [3.05, 3.63) is 54.5 Å². The normalized spacial score (nSPS) is 18.9. The summed E-state index contributed by atoms with van der Waals surface area (Å²) in [4.78, 5) is 29.0. The summed E-state index contributed by atoms with van der Waals surface area (Å²) in [5.41, 5.74) is 0. The SMILES string of the molecule is CC[Si](CC)(CC)OC1C(=O)N(C(=O)N(Sc2ccccc2)C(C)C)C1c1ccco1. The van der Waals surface area contributed by atoms with E-state index in [0.717, 1.165) is 23.0 Å². The van der Waals surface area contributed by atoms with E-state index in [2.05, 4.69) is 20.8 Å². The van der Waals surface area contributed by atoms with E-state index in [4.69, 9.17) is 8.84 Å². The van der Waals surface area contributed by atoms with E-state index in [1.165, 1.54) is 16.8 Å². The summed E-state index contributed by atoms with van der Waals surface area (Å²) in [5, 5.41) is 0.